The summed E-state index contributed by atoms with van der Waals surface area (Å²) >= 11 is 0. The maximum atomic E-state index is 12.7. The molecular formula is C32H41N7O2. The molecule has 2 aromatic heterocycles. The molecule has 9 nitrogen and oxygen atoms in total. The Bertz CT molecular complexity index is 1510. The number of likely N-dealkylation sites (N-methyl/N-ethyl adjacent to an activating group) is 1. The number of hydrogen-bond donors (Lipinski definition) is 2. The minimum atomic E-state index is -0.193. The number of carbonyl (C=O) groups excluding carboxylic acids is 1. The van der Waals surface area contributed by atoms with Gasteiger partial charge < -0.3 is 29.7 Å². The summed E-state index contributed by atoms with van der Waals surface area (Å²) in [6, 6.07) is 15.7. The fraction of sp³-hybridized carbons (Fsp3) is 0.406. The Morgan fingerprint density at radius 1 is 1.00 bits per heavy atom. The van der Waals surface area contributed by atoms with Crippen LogP contribution in [0.5, 0.6) is 11.5 Å². The number of hydrogen-bond acceptors (Lipinski definition) is 7. The number of anilines is 2. The second-order valence-corrected chi connectivity index (χ2v) is 11.2. The predicted octanol–water partition coefficient (Wildman–Crippen LogP) is 5.30. The molecule has 1 aliphatic rings. The van der Waals surface area contributed by atoms with E-state index in [1.807, 2.05) is 29.8 Å². The monoisotopic (exact) mass is 555 g/mol. The van der Waals surface area contributed by atoms with E-state index in [-0.39, 0.29) is 5.91 Å². The standard InChI is InChI=1S/C32H41N7O2/c1-22(2)27-19-24(8-7-23(27)3)35-32-36-28-20-25(9-10-30(28)38(32)5)41-26-11-13-33-29(21-26)31(40)34-12-6-14-39-17-15-37(4)16-18-39/h7-11,13,19-22H,6,12,14-18H2,1-5H3,(H,34,40)(H,35,36). The van der Waals surface area contributed by atoms with Gasteiger partial charge in [-0.1, -0.05) is 19.9 Å². The summed E-state index contributed by atoms with van der Waals surface area (Å²) in [5.41, 5.74) is 5.76. The van der Waals surface area contributed by atoms with Gasteiger partial charge in [0.15, 0.2) is 0 Å². The van der Waals surface area contributed by atoms with Crippen LogP contribution in [-0.4, -0.2) is 76.6 Å². The van der Waals surface area contributed by atoms with Crippen LogP contribution in [0.1, 0.15) is 47.8 Å². The highest BCUT2D eigenvalue weighted by molar-refractivity contribution is 5.92. The molecule has 0 unspecified atom stereocenters. The normalized spacial score (nSPS) is 14.5. The van der Waals surface area contributed by atoms with Crippen LogP contribution in [-0.2, 0) is 7.05 Å². The molecule has 0 spiro atoms. The molecule has 216 valence electrons. The number of piperazine rings is 1. The van der Waals surface area contributed by atoms with Crippen molar-refractivity contribution in [3.63, 3.8) is 0 Å². The van der Waals surface area contributed by atoms with E-state index in [9.17, 15) is 4.79 Å². The van der Waals surface area contributed by atoms with E-state index in [1.54, 1.807) is 18.3 Å². The van der Waals surface area contributed by atoms with Crippen LogP contribution in [0.2, 0.25) is 0 Å². The number of aryl methyl sites for hydroxylation is 2. The molecule has 0 radical (unpaired) electrons. The Kier molecular flexibility index (Phi) is 8.85. The second-order valence-electron chi connectivity index (χ2n) is 11.2. The van der Waals surface area contributed by atoms with Gasteiger partial charge >= 0.3 is 0 Å². The number of fused-ring (bicyclic) bond motifs is 1. The number of amides is 1. The molecule has 0 aliphatic carbocycles. The molecule has 2 N–H and O–H groups in total. The van der Waals surface area contributed by atoms with Crippen molar-refractivity contribution in [1.82, 2.24) is 29.7 Å². The van der Waals surface area contributed by atoms with Gasteiger partial charge in [-0.15, -0.1) is 0 Å². The molecule has 0 saturated carbocycles. The van der Waals surface area contributed by atoms with Crippen molar-refractivity contribution in [2.75, 3.05) is 51.6 Å². The minimum absolute atomic E-state index is 0.193. The highest BCUT2D eigenvalue weighted by Crippen LogP contribution is 2.29. The van der Waals surface area contributed by atoms with Crippen LogP contribution in [0, 0.1) is 6.92 Å². The number of carbonyl (C=O) groups is 1. The number of aromatic nitrogens is 3. The van der Waals surface area contributed by atoms with E-state index < -0.39 is 0 Å². The Hall–Kier alpha value is -3.95. The molecule has 2 aromatic carbocycles. The summed E-state index contributed by atoms with van der Waals surface area (Å²) in [7, 11) is 4.15. The molecule has 3 heterocycles. The average molecular weight is 556 g/mol. The van der Waals surface area contributed by atoms with Crippen molar-refractivity contribution >= 4 is 28.6 Å². The zero-order valence-corrected chi connectivity index (χ0v) is 24.8. The van der Waals surface area contributed by atoms with E-state index in [0.29, 0.717) is 29.7 Å². The SMILES string of the molecule is Cc1ccc(Nc2nc3cc(Oc4ccnc(C(=O)NCCCN5CCN(C)CC5)c4)ccc3n2C)cc1C(C)C. The van der Waals surface area contributed by atoms with Gasteiger partial charge in [0.05, 0.1) is 11.0 Å². The van der Waals surface area contributed by atoms with Crippen molar-refractivity contribution in [2.24, 2.45) is 7.05 Å². The lowest BCUT2D eigenvalue weighted by atomic mass is 9.97. The molecule has 5 rings (SSSR count). The smallest absolute Gasteiger partial charge is 0.270 e. The first-order chi connectivity index (χ1) is 19.8. The van der Waals surface area contributed by atoms with Gasteiger partial charge in [-0.05, 0) is 74.3 Å². The number of ether oxygens (including phenoxy) is 1. The van der Waals surface area contributed by atoms with Crippen LogP contribution in [0.15, 0.2) is 54.7 Å². The summed E-state index contributed by atoms with van der Waals surface area (Å²) in [5.74, 6) is 2.21. The number of nitrogens with zero attached hydrogens (tertiary/aromatic N) is 5. The van der Waals surface area contributed by atoms with E-state index in [4.69, 9.17) is 9.72 Å². The Morgan fingerprint density at radius 2 is 1.78 bits per heavy atom. The summed E-state index contributed by atoms with van der Waals surface area (Å²) in [6.07, 6.45) is 2.51. The van der Waals surface area contributed by atoms with Crippen molar-refractivity contribution in [3.05, 3.63) is 71.5 Å². The Labute approximate surface area is 242 Å². The molecule has 9 heteroatoms. The molecule has 1 fully saturated rings. The number of pyridine rings is 1. The van der Waals surface area contributed by atoms with Crippen molar-refractivity contribution in [1.29, 1.82) is 0 Å². The quantitative estimate of drug-likeness (QED) is 0.257. The fourth-order valence-corrected chi connectivity index (χ4v) is 5.23. The highest BCUT2D eigenvalue weighted by atomic mass is 16.5. The second kappa shape index (κ2) is 12.7. The topological polar surface area (TPSA) is 87.6 Å². The third kappa shape index (κ3) is 7.04. The van der Waals surface area contributed by atoms with Crippen LogP contribution < -0.4 is 15.4 Å². The zero-order valence-electron chi connectivity index (χ0n) is 24.8. The summed E-state index contributed by atoms with van der Waals surface area (Å²) in [5, 5.41) is 6.46. The van der Waals surface area contributed by atoms with Gasteiger partial charge in [-0.25, -0.2) is 4.98 Å². The fourth-order valence-electron chi connectivity index (χ4n) is 5.23. The van der Waals surface area contributed by atoms with Crippen LogP contribution in [0.25, 0.3) is 11.0 Å². The first-order valence-corrected chi connectivity index (χ1v) is 14.4. The average Bonchev–Trinajstić information content (AvgIpc) is 3.26. The lowest BCUT2D eigenvalue weighted by Gasteiger charge is -2.32. The Morgan fingerprint density at radius 3 is 2.56 bits per heavy atom. The first-order valence-electron chi connectivity index (χ1n) is 14.4. The molecule has 0 atom stereocenters. The van der Waals surface area contributed by atoms with Crippen LogP contribution in [0.4, 0.5) is 11.6 Å². The Balaban J connectivity index is 1.20. The van der Waals surface area contributed by atoms with Gasteiger partial charge in [-0.2, -0.15) is 0 Å². The predicted molar refractivity (Wildman–Crippen MR) is 164 cm³/mol. The van der Waals surface area contributed by atoms with E-state index in [1.165, 1.54) is 11.1 Å². The third-order valence-corrected chi connectivity index (χ3v) is 7.74. The summed E-state index contributed by atoms with van der Waals surface area (Å²) in [4.78, 5) is 26.6. The molecule has 0 bridgehead atoms. The number of imidazole rings is 1. The van der Waals surface area contributed by atoms with E-state index in [0.717, 1.165) is 61.8 Å². The molecule has 41 heavy (non-hydrogen) atoms. The van der Waals surface area contributed by atoms with Gasteiger partial charge in [0, 0.05) is 63.8 Å². The summed E-state index contributed by atoms with van der Waals surface area (Å²) in [6.45, 7) is 12.5. The van der Waals surface area contributed by atoms with Crippen molar-refractivity contribution in [2.45, 2.75) is 33.1 Å². The maximum Gasteiger partial charge on any atom is 0.270 e. The van der Waals surface area contributed by atoms with E-state index in [2.05, 4.69) is 71.4 Å². The number of rotatable bonds is 10. The first kappa shape index (κ1) is 28.6. The number of benzene rings is 2. The third-order valence-electron chi connectivity index (χ3n) is 7.74. The van der Waals surface area contributed by atoms with Crippen molar-refractivity contribution in [3.8, 4) is 11.5 Å². The minimum Gasteiger partial charge on any atom is -0.457 e. The van der Waals surface area contributed by atoms with E-state index >= 15 is 0 Å². The summed E-state index contributed by atoms with van der Waals surface area (Å²) < 4.78 is 8.15. The van der Waals surface area contributed by atoms with Gasteiger partial charge in [0.2, 0.25) is 5.95 Å². The number of nitrogens with one attached hydrogen (secondary N) is 2. The lowest BCUT2D eigenvalue weighted by Crippen LogP contribution is -2.45. The van der Waals surface area contributed by atoms with Gasteiger partial charge in [-0.3, -0.25) is 9.78 Å². The molecular weight excluding hydrogens is 514 g/mol. The maximum absolute atomic E-state index is 12.7. The molecule has 1 aliphatic heterocycles. The molecule has 1 amide bonds. The van der Waals surface area contributed by atoms with Crippen LogP contribution in [0.3, 0.4) is 0 Å². The lowest BCUT2D eigenvalue weighted by molar-refractivity contribution is 0.0944. The van der Waals surface area contributed by atoms with Gasteiger partial charge in [0.1, 0.15) is 17.2 Å². The van der Waals surface area contributed by atoms with Crippen molar-refractivity contribution < 1.29 is 9.53 Å². The van der Waals surface area contributed by atoms with Gasteiger partial charge in [0.25, 0.3) is 5.91 Å². The highest BCUT2D eigenvalue weighted by Gasteiger charge is 2.15. The molecule has 4 aromatic rings. The largest absolute Gasteiger partial charge is 0.457 e. The zero-order chi connectivity index (χ0) is 28.9. The van der Waals surface area contributed by atoms with Crippen LogP contribution >= 0.6 is 0 Å². The molecule has 1 saturated heterocycles.